The molecular formula is C12H20N2O3S3. The van der Waals surface area contributed by atoms with Crippen LogP contribution in [0.1, 0.15) is 30.3 Å². The van der Waals surface area contributed by atoms with E-state index in [1.807, 2.05) is 18.7 Å². The average Bonchev–Trinajstić information content (AvgIpc) is 2.82. The third-order valence-electron chi connectivity index (χ3n) is 3.23. The van der Waals surface area contributed by atoms with Crippen LogP contribution in [0.4, 0.5) is 5.13 Å². The van der Waals surface area contributed by atoms with Crippen molar-refractivity contribution in [3.8, 4) is 0 Å². The van der Waals surface area contributed by atoms with E-state index in [0.717, 1.165) is 16.3 Å². The Labute approximate surface area is 128 Å². The van der Waals surface area contributed by atoms with Gasteiger partial charge in [0.05, 0.1) is 17.2 Å². The second-order valence-corrected chi connectivity index (χ2v) is 9.59. The Morgan fingerprint density at radius 3 is 2.70 bits per heavy atom. The van der Waals surface area contributed by atoms with Crippen molar-refractivity contribution >= 4 is 38.1 Å². The van der Waals surface area contributed by atoms with Crippen molar-refractivity contribution in [2.75, 3.05) is 29.2 Å². The molecule has 0 spiro atoms. The van der Waals surface area contributed by atoms with E-state index in [9.17, 15) is 13.5 Å². The first kappa shape index (κ1) is 16.1. The van der Waals surface area contributed by atoms with E-state index >= 15 is 0 Å². The van der Waals surface area contributed by atoms with Crippen LogP contribution in [-0.2, 0) is 16.4 Å². The lowest BCUT2D eigenvalue weighted by Gasteiger charge is -2.33. The third kappa shape index (κ3) is 3.29. The summed E-state index contributed by atoms with van der Waals surface area (Å²) in [6, 6.07) is 0. The van der Waals surface area contributed by atoms with Gasteiger partial charge < -0.3 is 10.0 Å². The Bertz CT molecular complexity index is 569. The maximum Gasteiger partial charge on any atom is 0.187 e. The number of rotatable bonds is 4. The molecule has 8 heteroatoms. The molecule has 2 rings (SSSR count). The molecule has 0 bridgehead atoms. The molecule has 1 aromatic heterocycles. The zero-order chi connectivity index (χ0) is 14.9. The standard InChI is InChI=1S/C12H20N2O3S3/c1-8(2)11-9(6-15)19-12(13-11)14-4-5-18-7-10(14)20(3,16)17/h8,10,15H,4-7H2,1-3H3. The first-order valence-electron chi connectivity index (χ1n) is 6.48. The Morgan fingerprint density at radius 2 is 2.20 bits per heavy atom. The van der Waals surface area contributed by atoms with Gasteiger partial charge in [-0.2, -0.15) is 11.8 Å². The van der Waals surface area contributed by atoms with Gasteiger partial charge in [0.15, 0.2) is 15.0 Å². The van der Waals surface area contributed by atoms with Gasteiger partial charge in [0, 0.05) is 24.3 Å². The van der Waals surface area contributed by atoms with Gasteiger partial charge in [-0.1, -0.05) is 25.2 Å². The fraction of sp³-hybridized carbons (Fsp3) is 0.750. The largest absolute Gasteiger partial charge is 0.391 e. The van der Waals surface area contributed by atoms with Gasteiger partial charge in [0.2, 0.25) is 0 Å². The lowest BCUT2D eigenvalue weighted by Crippen LogP contribution is -2.47. The van der Waals surface area contributed by atoms with Crippen molar-refractivity contribution in [3.05, 3.63) is 10.6 Å². The van der Waals surface area contributed by atoms with Gasteiger partial charge in [0.1, 0.15) is 5.37 Å². The van der Waals surface area contributed by atoms with Crippen LogP contribution < -0.4 is 4.90 Å². The van der Waals surface area contributed by atoms with Crippen molar-refractivity contribution in [1.82, 2.24) is 4.98 Å². The molecule has 20 heavy (non-hydrogen) atoms. The summed E-state index contributed by atoms with van der Waals surface area (Å²) in [4.78, 5) is 7.29. The van der Waals surface area contributed by atoms with Gasteiger partial charge in [0.25, 0.3) is 0 Å². The number of aromatic nitrogens is 1. The Balaban J connectivity index is 2.38. The number of hydrogen-bond acceptors (Lipinski definition) is 7. The molecular weight excluding hydrogens is 316 g/mol. The molecule has 1 N–H and O–H groups in total. The molecule has 1 aromatic rings. The maximum absolute atomic E-state index is 11.9. The summed E-state index contributed by atoms with van der Waals surface area (Å²) in [7, 11) is -3.14. The summed E-state index contributed by atoms with van der Waals surface area (Å²) in [6.07, 6.45) is 1.28. The van der Waals surface area contributed by atoms with E-state index in [2.05, 4.69) is 4.98 Å². The monoisotopic (exact) mass is 336 g/mol. The van der Waals surface area contributed by atoms with Gasteiger partial charge in [-0.05, 0) is 5.92 Å². The molecule has 114 valence electrons. The lowest BCUT2D eigenvalue weighted by molar-refractivity contribution is 0.283. The maximum atomic E-state index is 11.9. The number of aliphatic hydroxyl groups is 1. The molecule has 0 saturated carbocycles. The fourth-order valence-corrected chi connectivity index (χ4v) is 6.23. The molecule has 1 aliphatic rings. The summed E-state index contributed by atoms with van der Waals surface area (Å²) in [6.45, 7) is 4.69. The van der Waals surface area contributed by atoms with Crippen molar-refractivity contribution in [3.63, 3.8) is 0 Å². The summed E-state index contributed by atoms with van der Waals surface area (Å²) in [5, 5.41) is 9.64. The van der Waals surface area contributed by atoms with E-state index in [1.165, 1.54) is 17.6 Å². The number of thioether (sulfide) groups is 1. The van der Waals surface area contributed by atoms with E-state index < -0.39 is 15.2 Å². The highest BCUT2D eigenvalue weighted by molar-refractivity contribution is 8.01. The van der Waals surface area contributed by atoms with Crippen LogP contribution in [0.25, 0.3) is 0 Å². The molecule has 1 fully saturated rings. The van der Waals surface area contributed by atoms with Crippen LogP contribution in [0.15, 0.2) is 0 Å². The van der Waals surface area contributed by atoms with Crippen molar-refractivity contribution < 1.29 is 13.5 Å². The number of sulfone groups is 1. The second kappa shape index (κ2) is 6.21. The Morgan fingerprint density at radius 1 is 1.50 bits per heavy atom. The summed E-state index contributed by atoms with van der Waals surface area (Å²) in [5.41, 5.74) is 0.873. The predicted molar refractivity (Wildman–Crippen MR) is 85.4 cm³/mol. The van der Waals surface area contributed by atoms with E-state index in [0.29, 0.717) is 17.4 Å². The summed E-state index contributed by atoms with van der Waals surface area (Å²) in [5.74, 6) is 1.69. The fourth-order valence-electron chi connectivity index (χ4n) is 2.19. The minimum absolute atomic E-state index is 0.0443. The van der Waals surface area contributed by atoms with E-state index in [4.69, 9.17) is 0 Å². The van der Waals surface area contributed by atoms with Crippen LogP contribution in [-0.4, -0.2) is 48.2 Å². The van der Waals surface area contributed by atoms with Crippen LogP contribution in [0.2, 0.25) is 0 Å². The van der Waals surface area contributed by atoms with E-state index in [1.54, 1.807) is 11.8 Å². The molecule has 2 heterocycles. The highest BCUT2D eigenvalue weighted by Crippen LogP contribution is 2.34. The minimum atomic E-state index is -3.14. The average molecular weight is 337 g/mol. The molecule has 0 aromatic carbocycles. The Hall–Kier alpha value is -0.310. The van der Waals surface area contributed by atoms with E-state index in [-0.39, 0.29) is 12.5 Å². The highest BCUT2D eigenvalue weighted by atomic mass is 32.2. The SMILES string of the molecule is CC(C)c1nc(N2CCSCC2S(C)(=O)=O)sc1CO. The zero-order valence-corrected chi connectivity index (χ0v) is 14.3. The van der Waals surface area contributed by atoms with Crippen molar-refractivity contribution in [2.24, 2.45) is 0 Å². The number of aliphatic hydroxyl groups excluding tert-OH is 1. The molecule has 0 radical (unpaired) electrons. The van der Waals surface area contributed by atoms with Gasteiger partial charge in [-0.25, -0.2) is 13.4 Å². The minimum Gasteiger partial charge on any atom is -0.391 e. The lowest BCUT2D eigenvalue weighted by atomic mass is 10.1. The number of thiazole rings is 1. The molecule has 0 aliphatic carbocycles. The number of nitrogens with zero attached hydrogens (tertiary/aromatic N) is 2. The normalized spacial score (nSPS) is 20.6. The zero-order valence-electron chi connectivity index (χ0n) is 11.9. The summed E-state index contributed by atoms with van der Waals surface area (Å²) >= 11 is 3.06. The smallest absolute Gasteiger partial charge is 0.187 e. The number of hydrogen-bond donors (Lipinski definition) is 1. The Kier molecular flexibility index (Phi) is 4.99. The van der Waals surface area contributed by atoms with Gasteiger partial charge in [-0.15, -0.1) is 0 Å². The van der Waals surface area contributed by atoms with Crippen LogP contribution in [0, 0.1) is 0 Å². The van der Waals surface area contributed by atoms with Crippen LogP contribution in [0.3, 0.4) is 0 Å². The molecule has 1 aliphatic heterocycles. The molecule has 1 saturated heterocycles. The topological polar surface area (TPSA) is 70.5 Å². The van der Waals surface area contributed by atoms with Crippen molar-refractivity contribution in [2.45, 2.75) is 31.7 Å². The summed E-state index contributed by atoms with van der Waals surface area (Å²) < 4.78 is 23.9. The predicted octanol–water partition coefficient (Wildman–Crippen LogP) is 1.68. The first-order valence-corrected chi connectivity index (χ1v) is 10.4. The molecule has 0 amide bonds. The van der Waals surface area contributed by atoms with Gasteiger partial charge >= 0.3 is 0 Å². The molecule has 1 unspecified atom stereocenters. The van der Waals surface area contributed by atoms with Crippen molar-refractivity contribution in [1.29, 1.82) is 0 Å². The molecule has 5 nitrogen and oxygen atoms in total. The quantitative estimate of drug-likeness (QED) is 0.902. The highest BCUT2D eigenvalue weighted by Gasteiger charge is 2.33. The second-order valence-electron chi connectivity index (χ2n) is 5.17. The molecule has 1 atom stereocenters. The van der Waals surface area contributed by atoms with Gasteiger partial charge in [-0.3, -0.25) is 0 Å². The van der Waals surface area contributed by atoms with Crippen LogP contribution in [0.5, 0.6) is 0 Å². The third-order valence-corrected chi connectivity index (χ3v) is 6.97. The first-order chi connectivity index (χ1) is 9.34. The number of anilines is 1. The van der Waals surface area contributed by atoms with Crippen LogP contribution >= 0.6 is 23.1 Å².